The molecule has 2 rings (SSSR count). The van der Waals surface area contributed by atoms with E-state index in [2.05, 4.69) is 21.2 Å². The minimum Gasteiger partial charge on any atom is -0.347 e. The summed E-state index contributed by atoms with van der Waals surface area (Å²) in [6, 6.07) is 4.48. The van der Waals surface area contributed by atoms with Crippen LogP contribution in [0.4, 0.5) is 4.39 Å². The number of hydrogen-bond donors (Lipinski definition) is 1. The van der Waals surface area contributed by atoms with E-state index in [1.54, 1.807) is 6.07 Å². The Morgan fingerprint density at radius 2 is 2.19 bits per heavy atom. The fourth-order valence-electron chi connectivity index (χ4n) is 1.85. The molecule has 1 aliphatic rings. The molecule has 1 aliphatic carbocycles. The summed E-state index contributed by atoms with van der Waals surface area (Å²) in [5.41, 5.74) is 0.246. The summed E-state index contributed by atoms with van der Waals surface area (Å²) in [4.78, 5) is 11.9. The quantitative estimate of drug-likeness (QED) is 0.888. The van der Waals surface area contributed by atoms with E-state index >= 15 is 0 Å². The standard InChI is InChI=1S/C12H13BrFNO/c1-12(6-3-7-12)15-11(16)8-4-2-5-9(14)10(8)13/h2,4-5H,3,6-7H2,1H3,(H,15,16). The maximum atomic E-state index is 13.2. The molecule has 0 bridgehead atoms. The van der Waals surface area contributed by atoms with Gasteiger partial charge in [0.1, 0.15) is 5.82 Å². The van der Waals surface area contributed by atoms with E-state index in [1.165, 1.54) is 12.1 Å². The minimum absolute atomic E-state index is 0.108. The molecule has 1 saturated carbocycles. The summed E-state index contributed by atoms with van der Waals surface area (Å²) in [6.07, 6.45) is 3.12. The predicted octanol–water partition coefficient (Wildman–Crippen LogP) is 3.26. The number of amides is 1. The number of hydrogen-bond acceptors (Lipinski definition) is 1. The van der Waals surface area contributed by atoms with E-state index in [4.69, 9.17) is 0 Å². The molecule has 1 aromatic rings. The maximum Gasteiger partial charge on any atom is 0.252 e. The van der Waals surface area contributed by atoms with Crippen LogP contribution in [-0.2, 0) is 0 Å². The van der Waals surface area contributed by atoms with Gasteiger partial charge in [-0.15, -0.1) is 0 Å². The van der Waals surface area contributed by atoms with Gasteiger partial charge in [0.2, 0.25) is 0 Å². The zero-order valence-electron chi connectivity index (χ0n) is 9.02. The van der Waals surface area contributed by atoms with Gasteiger partial charge in [0.25, 0.3) is 5.91 Å². The fourth-order valence-corrected chi connectivity index (χ4v) is 2.30. The molecule has 1 N–H and O–H groups in total. The van der Waals surface area contributed by atoms with Crippen LogP contribution in [0.1, 0.15) is 36.5 Å². The highest BCUT2D eigenvalue weighted by molar-refractivity contribution is 9.10. The van der Waals surface area contributed by atoms with E-state index in [0.29, 0.717) is 5.56 Å². The zero-order valence-corrected chi connectivity index (χ0v) is 10.6. The van der Waals surface area contributed by atoms with Crippen LogP contribution in [0.3, 0.4) is 0 Å². The Morgan fingerprint density at radius 3 is 2.75 bits per heavy atom. The summed E-state index contributed by atoms with van der Waals surface area (Å²) >= 11 is 3.09. The SMILES string of the molecule is CC1(NC(=O)c2cccc(F)c2Br)CCC1. The molecule has 86 valence electrons. The first-order valence-corrected chi connectivity index (χ1v) is 6.08. The lowest BCUT2D eigenvalue weighted by Crippen LogP contribution is -2.51. The van der Waals surface area contributed by atoms with Gasteiger partial charge in [0.05, 0.1) is 10.0 Å². The third-order valence-corrected chi connectivity index (χ3v) is 3.87. The fraction of sp³-hybridized carbons (Fsp3) is 0.417. The van der Waals surface area contributed by atoms with Crippen LogP contribution in [0.2, 0.25) is 0 Å². The molecule has 0 spiro atoms. The molecular formula is C12H13BrFNO. The number of nitrogens with one attached hydrogen (secondary N) is 1. The van der Waals surface area contributed by atoms with Crippen LogP contribution in [0.15, 0.2) is 22.7 Å². The molecule has 1 amide bonds. The van der Waals surface area contributed by atoms with Crippen molar-refractivity contribution in [1.82, 2.24) is 5.32 Å². The van der Waals surface area contributed by atoms with Crippen molar-refractivity contribution in [3.8, 4) is 0 Å². The van der Waals surface area contributed by atoms with Gasteiger partial charge < -0.3 is 5.32 Å². The van der Waals surface area contributed by atoms with Gasteiger partial charge in [-0.05, 0) is 54.2 Å². The van der Waals surface area contributed by atoms with Crippen LogP contribution in [0, 0.1) is 5.82 Å². The third kappa shape index (κ3) is 2.12. The minimum atomic E-state index is -0.411. The average Bonchev–Trinajstić information content (AvgIpc) is 2.19. The average molecular weight is 286 g/mol. The van der Waals surface area contributed by atoms with Crippen molar-refractivity contribution in [2.24, 2.45) is 0 Å². The number of benzene rings is 1. The lowest BCUT2D eigenvalue weighted by atomic mass is 9.78. The van der Waals surface area contributed by atoms with Gasteiger partial charge in [-0.25, -0.2) is 4.39 Å². The summed E-state index contributed by atoms with van der Waals surface area (Å²) in [7, 11) is 0. The highest BCUT2D eigenvalue weighted by Crippen LogP contribution is 2.31. The predicted molar refractivity (Wildman–Crippen MR) is 63.8 cm³/mol. The molecule has 1 aromatic carbocycles. The normalized spacial score (nSPS) is 17.7. The Bertz CT molecular complexity index is 429. The maximum absolute atomic E-state index is 13.2. The Balaban J connectivity index is 2.17. The van der Waals surface area contributed by atoms with Crippen molar-refractivity contribution in [2.75, 3.05) is 0 Å². The Labute approximate surface area is 102 Å². The monoisotopic (exact) mass is 285 g/mol. The van der Waals surface area contributed by atoms with Crippen LogP contribution < -0.4 is 5.32 Å². The van der Waals surface area contributed by atoms with Crippen molar-refractivity contribution < 1.29 is 9.18 Å². The van der Waals surface area contributed by atoms with E-state index in [1.807, 2.05) is 6.92 Å². The van der Waals surface area contributed by atoms with Crippen molar-refractivity contribution in [3.05, 3.63) is 34.1 Å². The molecule has 0 aliphatic heterocycles. The summed E-state index contributed by atoms with van der Waals surface area (Å²) < 4.78 is 13.5. The second-order valence-electron chi connectivity index (χ2n) is 4.47. The smallest absolute Gasteiger partial charge is 0.252 e. The van der Waals surface area contributed by atoms with Crippen molar-refractivity contribution >= 4 is 21.8 Å². The second-order valence-corrected chi connectivity index (χ2v) is 5.26. The molecule has 0 radical (unpaired) electrons. The molecular weight excluding hydrogens is 273 g/mol. The number of carbonyl (C=O) groups is 1. The van der Waals surface area contributed by atoms with Crippen molar-refractivity contribution in [3.63, 3.8) is 0 Å². The molecule has 0 unspecified atom stereocenters. The largest absolute Gasteiger partial charge is 0.347 e. The number of rotatable bonds is 2. The first kappa shape index (κ1) is 11.6. The second kappa shape index (κ2) is 4.17. The lowest BCUT2D eigenvalue weighted by Gasteiger charge is -2.39. The summed E-state index contributed by atoms with van der Waals surface area (Å²) in [6.45, 7) is 2.02. The molecule has 0 saturated heterocycles. The van der Waals surface area contributed by atoms with E-state index in [-0.39, 0.29) is 15.9 Å². The third-order valence-electron chi connectivity index (χ3n) is 3.07. The zero-order chi connectivity index (χ0) is 11.8. The lowest BCUT2D eigenvalue weighted by molar-refractivity contribution is 0.0849. The highest BCUT2D eigenvalue weighted by atomic mass is 79.9. The summed E-state index contributed by atoms with van der Waals surface area (Å²) in [5, 5.41) is 2.94. The van der Waals surface area contributed by atoms with Gasteiger partial charge in [-0.3, -0.25) is 4.79 Å². The molecule has 1 fully saturated rings. The Morgan fingerprint density at radius 1 is 1.50 bits per heavy atom. The van der Waals surface area contributed by atoms with Gasteiger partial charge in [0.15, 0.2) is 0 Å². The van der Waals surface area contributed by atoms with Gasteiger partial charge in [0, 0.05) is 5.54 Å². The van der Waals surface area contributed by atoms with Gasteiger partial charge >= 0.3 is 0 Å². The molecule has 4 heteroatoms. The number of halogens is 2. The van der Waals surface area contributed by atoms with E-state index in [0.717, 1.165) is 19.3 Å². The molecule has 16 heavy (non-hydrogen) atoms. The number of carbonyl (C=O) groups excluding carboxylic acids is 1. The molecule has 0 heterocycles. The molecule has 2 nitrogen and oxygen atoms in total. The van der Waals surface area contributed by atoms with Gasteiger partial charge in [-0.1, -0.05) is 6.07 Å². The van der Waals surface area contributed by atoms with E-state index < -0.39 is 5.82 Å². The molecule has 0 atom stereocenters. The first-order valence-electron chi connectivity index (χ1n) is 5.28. The first-order chi connectivity index (χ1) is 7.52. The summed E-state index contributed by atoms with van der Waals surface area (Å²) in [5.74, 6) is -0.625. The van der Waals surface area contributed by atoms with Crippen LogP contribution in [0.5, 0.6) is 0 Å². The topological polar surface area (TPSA) is 29.1 Å². The van der Waals surface area contributed by atoms with Crippen molar-refractivity contribution in [1.29, 1.82) is 0 Å². The van der Waals surface area contributed by atoms with Gasteiger partial charge in [-0.2, -0.15) is 0 Å². The van der Waals surface area contributed by atoms with Crippen LogP contribution in [-0.4, -0.2) is 11.4 Å². The highest BCUT2D eigenvalue weighted by Gasteiger charge is 2.33. The Hall–Kier alpha value is -0.900. The van der Waals surface area contributed by atoms with E-state index in [9.17, 15) is 9.18 Å². The Kier molecular flexibility index (Phi) is 3.02. The van der Waals surface area contributed by atoms with Crippen molar-refractivity contribution in [2.45, 2.75) is 31.7 Å². The molecule has 0 aromatic heterocycles. The van der Waals surface area contributed by atoms with Crippen LogP contribution in [0.25, 0.3) is 0 Å². The van der Waals surface area contributed by atoms with Crippen LogP contribution >= 0.6 is 15.9 Å².